The molecule has 1 atom stereocenters. The Kier molecular flexibility index (Phi) is 9.43. The molecule has 0 aromatic heterocycles. The Balaban J connectivity index is 2.07. The van der Waals surface area contributed by atoms with Crippen LogP contribution in [0.15, 0.2) is 54.6 Å². The molecule has 0 aliphatic rings. The Bertz CT molecular complexity index is 788. The number of ether oxygens (including phenoxy) is 3. The average Bonchev–Trinajstić information content (AvgIpc) is 2.73. The fourth-order valence-corrected chi connectivity index (χ4v) is 2.95. The highest BCUT2D eigenvalue weighted by atomic mass is 35.5. The van der Waals surface area contributed by atoms with Crippen molar-refractivity contribution in [3.05, 3.63) is 60.2 Å². The second-order valence-corrected chi connectivity index (χ2v) is 6.77. The Labute approximate surface area is 175 Å². The lowest BCUT2D eigenvalue weighted by Gasteiger charge is -2.23. The summed E-state index contributed by atoms with van der Waals surface area (Å²) >= 11 is 6.14. The van der Waals surface area contributed by atoms with Crippen molar-refractivity contribution in [2.45, 2.75) is 11.9 Å². The van der Waals surface area contributed by atoms with E-state index in [9.17, 15) is 9.59 Å². The molecule has 0 bridgehead atoms. The molecule has 29 heavy (non-hydrogen) atoms. The van der Waals surface area contributed by atoms with Crippen molar-refractivity contribution in [1.29, 1.82) is 0 Å². The van der Waals surface area contributed by atoms with E-state index in [0.29, 0.717) is 18.0 Å². The number of esters is 1. The van der Waals surface area contributed by atoms with E-state index in [2.05, 4.69) is 5.32 Å². The van der Waals surface area contributed by atoms with Crippen molar-refractivity contribution < 1.29 is 23.8 Å². The molecule has 1 N–H and O–H groups in total. The van der Waals surface area contributed by atoms with Gasteiger partial charge in [-0.1, -0.05) is 42.5 Å². The van der Waals surface area contributed by atoms with Crippen LogP contribution in [0, 0.1) is 0 Å². The Hall–Kier alpha value is -2.61. The van der Waals surface area contributed by atoms with E-state index in [1.165, 1.54) is 14.2 Å². The van der Waals surface area contributed by atoms with Crippen LogP contribution in [-0.4, -0.2) is 56.3 Å². The number of nitrogens with zero attached hydrogens (tertiary/aromatic N) is 1. The predicted molar refractivity (Wildman–Crippen MR) is 111 cm³/mol. The summed E-state index contributed by atoms with van der Waals surface area (Å²) in [4.78, 5) is 26.2. The fourth-order valence-electron chi connectivity index (χ4n) is 2.67. The first-order valence-electron chi connectivity index (χ1n) is 9.02. The number of benzene rings is 2. The maximum Gasteiger partial charge on any atom is 0.325 e. The van der Waals surface area contributed by atoms with E-state index in [0.717, 1.165) is 5.56 Å². The van der Waals surface area contributed by atoms with Crippen LogP contribution in [-0.2, 0) is 25.6 Å². The summed E-state index contributed by atoms with van der Waals surface area (Å²) in [5.41, 5.74) is 1.53. The Morgan fingerprint density at radius 2 is 1.76 bits per heavy atom. The van der Waals surface area contributed by atoms with Crippen LogP contribution in [0.3, 0.4) is 0 Å². The maximum absolute atomic E-state index is 12.7. The van der Waals surface area contributed by atoms with Gasteiger partial charge in [0.1, 0.15) is 11.1 Å². The number of carbonyl (C=O) groups is 2. The molecule has 0 spiro atoms. The van der Waals surface area contributed by atoms with Gasteiger partial charge >= 0.3 is 5.97 Å². The minimum atomic E-state index is -0.881. The molecule has 0 saturated carbocycles. The molecule has 0 fully saturated rings. The van der Waals surface area contributed by atoms with E-state index in [4.69, 9.17) is 25.8 Å². The van der Waals surface area contributed by atoms with Crippen LogP contribution in [0.4, 0.5) is 5.69 Å². The van der Waals surface area contributed by atoms with E-state index < -0.39 is 11.3 Å². The molecule has 7 nitrogen and oxygen atoms in total. The molecule has 0 aliphatic carbocycles. The molecule has 0 saturated heterocycles. The molecule has 1 amide bonds. The lowest BCUT2D eigenvalue weighted by Crippen LogP contribution is -2.39. The third kappa shape index (κ3) is 7.73. The van der Waals surface area contributed by atoms with Crippen molar-refractivity contribution in [2.24, 2.45) is 0 Å². The Morgan fingerprint density at radius 3 is 2.45 bits per heavy atom. The molecule has 0 radical (unpaired) electrons. The topological polar surface area (TPSA) is 77.1 Å². The van der Waals surface area contributed by atoms with Crippen molar-refractivity contribution in [2.75, 3.05) is 39.4 Å². The first-order chi connectivity index (χ1) is 14.0. The van der Waals surface area contributed by atoms with Gasteiger partial charge in [0.15, 0.2) is 6.79 Å². The molecule has 2 aromatic rings. The van der Waals surface area contributed by atoms with E-state index in [1.54, 1.807) is 29.2 Å². The standard InChI is InChI=1S/C21H25ClN2O5/c1-27-15-29-19-11-7-6-10-18(19)23-20(25)14-24(13-17(22)21(26)28-2)12-16-8-4-3-5-9-16/h3-11,17H,12-15H2,1-2H3,(H,23,25). The van der Waals surface area contributed by atoms with Crippen LogP contribution in [0.25, 0.3) is 0 Å². The van der Waals surface area contributed by atoms with Gasteiger partial charge in [-0.2, -0.15) is 0 Å². The molecule has 156 valence electrons. The van der Waals surface area contributed by atoms with E-state index in [1.807, 2.05) is 30.3 Å². The SMILES string of the molecule is COCOc1ccccc1NC(=O)CN(Cc1ccccc1)CC(Cl)C(=O)OC. The fraction of sp³-hybridized carbons (Fsp3) is 0.333. The summed E-state index contributed by atoms with van der Waals surface area (Å²) in [5.74, 6) is -0.298. The molecule has 1 unspecified atom stereocenters. The number of rotatable bonds is 11. The number of halogens is 1. The first kappa shape index (κ1) is 22.7. The highest BCUT2D eigenvalue weighted by molar-refractivity contribution is 6.30. The van der Waals surface area contributed by atoms with Gasteiger partial charge in [0, 0.05) is 20.2 Å². The van der Waals surface area contributed by atoms with E-state index >= 15 is 0 Å². The monoisotopic (exact) mass is 420 g/mol. The van der Waals surface area contributed by atoms with Crippen molar-refractivity contribution >= 4 is 29.2 Å². The summed E-state index contributed by atoms with van der Waals surface area (Å²) < 4.78 is 15.1. The predicted octanol–water partition coefficient (Wildman–Crippen LogP) is 2.89. The maximum atomic E-state index is 12.7. The van der Waals surface area contributed by atoms with Crippen LogP contribution < -0.4 is 10.1 Å². The van der Waals surface area contributed by atoms with Crippen molar-refractivity contribution in [1.82, 2.24) is 4.90 Å². The first-order valence-corrected chi connectivity index (χ1v) is 9.46. The van der Waals surface area contributed by atoms with Gasteiger partial charge in [-0.05, 0) is 17.7 Å². The minimum absolute atomic E-state index is 0.0354. The second-order valence-electron chi connectivity index (χ2n) is 6.24. The summed E-state index contributed by atoms with van der Waals surface area (Å²) in [6.07, 6.45) is 0. The van der Waals surface area contributed by atoms with Crippen LogP contribution in [0.5, 0.6) is 5.75 Å². The molecule has 0 heterocycles. The Morgan fingerprint density at radius 1 is 1.07 bits per heavy atom. The van der Waals surface area contributed by atoms with Crippen LogP contribution in [0.2, 0.25) is 0 Å². The third-order valence-electron chi connectivity index (χ3n) is 3.99. The highest BCUT2D eigenvalue weighted by Crippen LogP contribution is 2.23. The number of hydrogen-bond acceptors (Lipinski definition) is 6. The number of methoxy groups -OCH3 is 2. The number of nitrogens with one attached hydrogen (secondary N) is 1. The zero-order valence-corrected chi connectivity index (χ0v) is 17.2. The summed E-state index contributed by atoms with van der Waals surface area (Å²) in [6, 6.07) is 16.7. The lowest BCUT2D eigenvalue weighted by atomic mass is 10.2. The smallest absolute Gasteiger partial charge is 0.325 e. The number of para-hydroxylation sites is 2. The number of anilines is 1. The van der Waals surface area contributed by atoms with Gasteiger partial charge in [0.2, 0.25) is 5.91 Å². The van der Waals surface area contributed by atoms with E-state index in [-0.39, 0.29) is 25.8 Å². The highest BCUT2D eigenvalue weighted by Gasteiger charge is 2.22. The average molecular weight is 421 g/mol. The molecule has 8 heteroatoms. The van der Waals surface area contributed by atoms with Gasteiger partial charge in [-0.3, -0.25) is 14.5 Å². The summed E-state index contributed by atoms with van der Waals surface area (Å²) in [7, 11) is 2.80. The van der Waals surface area contributed by atoms with Gasteiger partial charge < -0.3 is 19.5 Å². The van der Waals surface area contributed by atoms with Gasteiger partial charge in [0.25, 0.3) is 0 Å². The number of alkyl halides is 1. The van der Waals surface area contributed by atoms with Gasteiger partial charge in [0.05, 0.1) is 19.3 Å². The number of hydrogen-bond donors (Lipinski definition) is 1. The van der Waals surface area contributed by atoms with Crippen LogP contribution in [0.1, 0.15) is 5.56 Å². The molecular weight excluding hydrogens is 396 g/mol. The molecule has 2 rings (SSSR count). The van der Waals surface area contributed by atoms with Gasteiger partial charge in [-0.25, -0.2) is 0 Å². The quantitative estimate of drug-likeness (QED) is 0.342. The van der Waals surface area contributed by atoms with Gasteiger partial charge in [-0.15, -0.1) is 11.6 Å². The summed E-state index contributed by atoms with van der Waals surface area (Å²) in [6.45, 7) is 0.725. The minimum Gasteiger partial charge on any atom is -0.468 e. The normalized spacial score (nSPS) is 11.7. The summed E-state index contributed by atoms with van der Waals surface area (Å²) in [5, 5.41) is 1.95. The molecule has 0 aliphatic heterocycles. The largest absolute Gasteiger partial charge is 0.468 e. The van der Waals surface area contributed by atoms with Crippen molar-refractivity contribution in [3.63, 3.8) is 0 Å². The number of amides is 1. The zero-order chi connectivity index (χ0) is 21.1. The third-order valence-corrected chi connectivity index (χ3v) is 4.30. The van der Waals surface area contributed by atoms with Crippen molar-refractivity contribution in [3.8, 4) is 5.75 Å². The lowest BCUT2D eigenvalue weighted by molar-refractivity contribution is -0.140. The second kappa shape index (κ2) is 12.1. The number of carbonyl (C=O) groups excluding carboxylic acids is 2. The van der Waals surface area contributed by atoms with Crippen LogP contribution >= 0.6 is 11.6 Å². The molecular formula is C21H25ClN2O5. The molecule has 2 aromatic carbocycles. The zero-order valence-electron chi connectivity index (χ0n) is 16.5.